The molecule has 2 rings (SSSR count). The first-order chi connectivity index (χ1) is 8.49. The van der Waals surface area contributed by atoms with E-state index in [1.54, 1.807) is 0 Å². The first kappa shape index (κ1) is 13.8. The number of ether oxygens (including phenoxy) is 1. The Morgan fingerprint density at radius 2 is 2.11 bits per heavy atom. The van der Waals surface area contributed by atoms with Crippen LogP contribution in [-0.2, 0) is 0 Å². The smallest absolute Gasteiger partial charge is 0.173 e. The molecular formula is C10H11ClFNO4S. The van der Waals surface area contributed by atoms with Gasteiger partial charge in [0.1, 0.15) is 18.0 Å². The highest BCUT2D eigenvalue weighted by molar-refractivity contribution is 7.99. The van der Waals surface area contributed by atoms with Crippen LogP contribution in [0, 0.1) is 5.82 Å². The fourth-order valence-electron chi connectivity index (χ4n) is 1.49. The molecular weight excluding hydrogens is 285 g/mol. The molecule has 3 N–H and O–H groups in total. The van der Waals surface area contributed by atoms with Crippen molar-refractivity contribution in [3.63, 3.8) is 0 Å². The fourth-order valence-corrected chi connectivity index (χ4v) is 2.76. The number of aliphatic hydroxyl groups excluding tert-OH is 3. The minimum atomic E-state index is -1.31. The van der Waals surface area contributed by atoms with Gasteiger partial charge < -0.3 is 20.1 Å². The van der Waals surface area contributed by atoms with Crippen molar-refractivity contribution in [3.8, 4) is 5.75 Å². The Morgan fingerprint density at radius 3 is 2.83 bits per heavy atom. The summed E-state index contributed by atoms with van der Waals surface area (Å²) < 4.78 is 18.3. The lowest BCUT2D eigenvalue weighted by Gasteiger charge is -2.34. The molecule has 18 heavy (non-hydrogen) atoms. The average molecular weight is 296 g/mol. The Hall–Kier alpha value is -0.600. The van der Waals surface area contributed by atoms with E-state index in [1.165, 1.54) is 0 Å². The van der Waals surface area contributed by atoms with Gasteiger partial charge in [0.2, 0.25) is 0 Å². The van der Waals surface area contributed by atoms with Crippen LogP contribution in [0.3, 0.4) is 0 Å². The second kappa shape index (κ2) is 5.58. The van der Waals surface area contributed by atoms with Crippen molar-refractivity contribution < 1.29 is 24.4 Å². The molecule has 0 radical (unpaired) electrons. The van der Waals surface area contributed by atoms with Crippen molar-refractivity contribution in [1.29, 1.82) is 0 Å². The van der Waals surface area contributed by atoms with Gasteiger partial charge in [0.15, 0.2) is 16.3 Å². The van der Waals surface area contributed by atoms with E-state index in [9.17, 15) is 19.7 Å². The maximum atomic E-state index is 13.0. The molecule has 4 atom stereocenters. The summed E-state index contributed by atoms with van der Waals surface area (Å²) in [4.78, 5) is 3.57. The topological polar surface area (TPSA) is 82.8 Å². The lowest BCUT2D eigenvalue weighted by Crippen LogP contribution is -2.50. The monoisotopic (exact) mass is 295 g/mol. The Labute approximate surface area is 112 Å². The molecule has 0 bridgehead atoms. The van der Waals surface area contributed by atoms with Crippen molar-refractivity contribution in [2.75, 3.05) is 5.75 Å². The maximum Gasteiger partial charge on any atom is 0.173 e. The lowest BCUT2D eigenvalue weighted by atomic mass is 10.1. The molecule has 0 unspecified atom stereocenters. The van der Waals surface area contributed by atoms with Gasteiger partial charge >= 0.3 is 0 Å². The van der Waals surface area contributed by atoms with Gasteiger partial charge in [-0.1, -0.05) is 11.6 Å². The number of hydrogen-bond donors (Lipinski definition) is 3. The molecule has 1 aliphatic heterocycles. The Balaban J connectivity index is 2.11. The van der Waals surface area contributed by atoms with Crippen LogP contribution in [0.1, 0.15) is 0 Å². The van der Waals surface area contributed by atoms with E-state index in [-0.39, 0.29) is 16.7 Å². The van der Waals surface area contributed by atoms with Crippen LogP contribution >= 0.6 is 23.4 Å². The van der Waals surface area contributed by atoms with Gasteiger partial charge in [-0.3, -0.25) is 0 Å². The summed E-state index contributed by atoms with van der Waals surface area (Å²) in [6.45, 7) is 0. The Kier molecular flexibility index (Phi) is 4.29. The van der Waals surface area contributed by atoms with E-state index in [2.05, 4.69) is 4.98 Å². The minimum Gasteiger partial charge on any atom is -0.474 e. The molecule has 0 saturated carbocycles. The van der Waals surface area contributed by atoms with Crippen molar-refractivity contribution in [3.05, 3.63) is 23.2 Å². The highest BCUT2D eigenvalue weighted by atomic mass is 35.5. The highest BCUT2D eigenvalue weighted by Crippen LogP contribution is 2.31. The number of halogens is 2. The molecule has 1 fully saturated rings. The van der Waals surface area contributed by atoms with Gasteiger partial charge in [0.05, 0.1) is 12.3 Å². The number of hydrogen-bond acceptors (Lipinski definition) is 6. The largest absolute Gasteiger partial charge is 0.474 e. The number of pyridine rings is 1. The molecule has 1 aromatic rings. The van der Waals surface area contributed by atoms with Gasteiger partial charge in [0, 0.05) is 11.8 Å². The molecule has 5 nitrogen and oxygen atoms in total. The van der Waals surface area contributed by atoms with Crippen LogP contribution in [-0.4, -0.2) is 49.8 Å². The third kappa shape index (κ3) is 2.86. The SMILES string of the molecule is O[C@@H]1[C@@H](O)[C@H](Oc2cc(F)cnc2Cl)SC[C@H]1O. The third-order valence-corrected chi connectivity index (χ3v) is 3.99. The van der Waals surface area contributed by atoms with Crippen LogP contribution in [0.25, 0.3) is 0 Å². The first-order valence-electron chi connectivity index (χ1n) is 5.12. The van der Waals surface area contributed by atoms with Gasteiger partial charge in [0.25, 0.3) is 0 Å². The van der Waals surface area contributed by atoms with Crippen LogP contribution < -0.4 is 4.74 Å². The van der Waals surface area contributed by atoms with E-state index in [1.807, 2.05) is 0 Å². The van der Waals surface area contributed by atoms with Gasteiger partial charge in [-0.05, 0) is 0 Å². The Bertz CT molecular complexity index is 438. The zero-order valence-corrected chi connectivity index (χ0v) is 10.6. The third-order valence-electron chi connectivity index (χ3n) is 2.47. The predicted octanol–water partition coefficient (Wildman–Crippen LogP) is 0.408. The molecule has 1 aliphatic rings. The minimum absolute atomic E-state index is 0.0168. The number of nitrogens with zero attached hydrogens (tertiary/aromatic N) is 1. The number of thioether (sulfide) groups is 1. The number of aliphatic hydroxyl groups is 3. The quantitative estimate of drug-likeness (QED) is 0.686. The van der Waals surface area contributed by atoms with E-state index in [0.717, 1.165) is 24.0 Å². The van der Waals surface area contributed by atoms with Crippen molar-refractivity contribution >= 4 is 23.4 Å². The van der Waals surface area contributed by atoms with E-state index in [0.29, 0.717) is 0 Å². The Morgan fingerprint density at radius 1 is 1.39 bits per heavy atom. The number of rotatable bonds is 2. The second-order valence-electron chi connectivity index (χ2n) is 3.81. The van der Waals surface area contributed by atoms with Crippen molar-refractivity contribution in [2.24, 2.45) is 0 Å². The predicted molar refractivity (Wildman–Crippen MR) is 64.1 cm³/mol. The summed E-state index contributed by atoms with van der Waals surface area (Å²) in [6.07, 6.45) is -2.68. The summed E-state index contributed by atoms with van der Waals surface area (Å²) in [5.74, 6) is -0.439. The van der Waals surface area contributed by atoms with E-state index in [4.69, 9.17) is 16.3 Å². The molecule has 0 aromatic carbocycles. The molecule has 8 heteroatoms. The second-order valence-corrected chi connectivity index (χ2v) is 5.30. The zero-order valence-electron chi connectivity index (χ0n) is 9.03. The fraction of sp³-hybridized carbons (Fsp3) is 0.500. The molecule has 1 aromatic heterocycles. The van der Waals surface area contributed by atoms with E-state index < -0.39 is 29.6 Å². The molecule has 0 amide bonds. The van der Waals surface area contributed by atoms with Crippen molar-refractivity contribution in [1.82, 2.24) is 4.98 Å². The van der Waals surface area contributed by atoms with Gasteiger partial charge in [-0.25, -0.2) is 9.37 Å². The van der Waals surface area contributed by atoms with Crippen molar-refractivity contribution in [2.45, 2.75) is 23.7 Å². The molecule has 0 spiro atoms. The number of aromatic nitrogens is 1. The standard InChI is InChI=1S/C10H11ClFNO4S/c11-9-6(1-4(12)2-13-9)17-10-8(16)7(15)5(14)3-18-10/h1-2,5,7-8,10,14-16H,3H2/t5-,7+,8-,10-/m1/s1. The van der Waals surface area contributed by atoms with Crippen LogP contribution in [0.2, 0.25) is 5.15 Å². The molecule has 0 aliphatic carbocycles. The molecule has 100 valence electrons. The van der Waals surface area contributed by atoms with Gasteiger partial charge in [-0.2, -0.15) is 0 Å². The maximum absolute atomic E-state index is 13.0. The molecule has 1 saturated heterocycles. The van der Waals surface area contributed by atoms with Crippen LogP contribution in [0.15, 0.2) is 12.3 Å². The highest BCUT2D eigenvalue weighted by Gasteiger charge is 2.38. The lowest BCUT2D eigenvalue weighted by molar-refractivity contribution is -0.0786. The summed E-state index contributed by atoms with van der Waals surface area (Å²) in [6, 6.07) is 1.04. The summed E-state index contributed by atoms with van der Waals surface area (Å²) >= 11 is 6.82. The molecule has 2 heterocycles. The average Bonchev–Trinajstić information content (AvgIpc) is 2.34. The van der Waals surface area contributed by atoms with Crippen LogP contribution in [0.4, 0.5) is 4.39 Å². The van der Waals surface area contributed by atoms with E-state index >= 15 is 0 Å². The van der Waals surface area contributed by atoms with Crippen LogP contribution in [0.5, 0.6) is 5.75 Å². The summed E-state index contributed by atoms with van der Waals surface area (Å²) in [5, 5.41) is 28.5. The zero-order chi connectivity index (χ0) is 13.3. The normalized spacial score (nSPS) is 32.3. The summed E-state index contributed by atoms with van der Waals surface area (Å²) in [5.41, 5.74) is -0.843. The van der Waals surface area contributed by atoms with Gasteiger partial charge in [-0.15, -0.1) is 11.8 Å². The summed E-state index contributed by atoms with van der Waals surface area (Å²) in [7, 11) is 0. The first-order valence-corrected chi connectivity index (χ1v) is 6.55.